The zero-order valence-electron chi connectivity index (χ0n) is 17.5. The number of hydrogen-bond acceptors (Lipinski definition) is 5. The first-order valence-electron chi connectivity index (χ1n) is 10.7. The Labute approximate surface area is 185 Å². The number of hydrogen-bond donors (Lipinski definition) is 0. The second-order valence-electron chi connectivity index (χ2n) is 8.35. The molecule has 5 rings (SSSR count). The van der Waals surface area contributed by atoms with Crippen molar-refractivity contribution >= 4 is 17.2 Å². The van der Waals surface area contributed by atoms with Crippen LogP contribution in [0.15, 0.2) is 58.0 Å². The van der Waals surface area contributed by atoms with Gasteiger partial charge in [-0.3, -0.25) is 9.59 Å². The number of thiophene rings is 1. The minimum absolute atomic E-state index is 0.0197. The van der Waals surface area contributed by atoms with Crippen LogP contribution in [0.25, 0.3) is 11.3 Å². The highest BCUT2D eigenvalue weighted by Crippen LogP contribution is 2.50. The molecule has 0 N–H and O–H groups in total. The van der Waals surface area contributed by atoms with Gasteiger partial charge in [0.15, 0.2) is 0 Å². The molecule has 1 amide bonds. The normalized spacial score (nSPS) is 18.0. The van der Waals surface area contributed by atoms with Crippen molar-refractivity contribution in [2.24, 2.45) is 0 Å². The van der Waals surface area contributed by atoms with Gasteiger partial charge in [0.1, 0.15) is 5.75 Å². The number of benzene rings is 1. The zero-order chi connectivity index (χ0) is 21.4. The van der Waals surface area contributed by atoms with Crippen molar-refractivity contribution in [2.45, 2.75) is 37.1 Å². The van der Waals surface area contributed by atoms with Crippen LogP contribution in [0, 0.1) is 0 Å². The molecule has 3 aromatic rings. The van der Waals surface area contributed by atoms with Crippen LogP contribution in [0.3, 0.4) is 0 Å². The van der Waals surface area contributed by atoms with Crippen molar-refractivity contribution < 1.29 is 9.53 Å². The van der Waals surface area contributed by atoms with Crippen molar-refractivity contribution in [3.63, 3.8) is 0 Å². The molecule has 1 aromatic carbocycles. The van der Waals surface area contributed by atoms with Gasteiger partial charge in [0.2, 0.25) is 5.91 Å². The summed E-state index contributed by atoms with van der Waals surface area (Å²) in [5, 5.41) is 8.67. The summed E-state index contributed by atoms with van der Waals surface area (Å²) in [7, 11) is 1.65. The molecule has 7 heteroatoms. The fourth-order valence-corrected chi connectivity index (χ4v) is 5.18. The highest BCUT2D eigenvalue weighted by molar-refractivity contribution is 7.08. The van der Waals surface area contributed by atoms with Crippen LogP contribution in [0.2, 0.25) is 0 Å². The first-order valence-corrected chi connectivity index (χ1v) is 11.6. The molecule has 1 aliphatic carbocycles. The average molecular weight is 436 g/mol. The number of ether oxygens (including phenoxy) is 1. The van der Waals surface area contributed by atoms with Crippen molar-refractivity contribution in [2.75, 3.05) is 20.2 Å². The maximum absolute atomic E-state index is 13.4. The monoisotopic (exact) mass is 435 g/mol. The standard InChI is InChI=1S/C24H25N3O3S/c1-30-20-4-2-18(3-5-20)24(11-12-24)23(29)26-13-8-19(9-14-26)27-22(28)7-6-21(25-27)17-10-15-31-16-17/h2-7,10,15-16,19H,8-9,11-14H2,1H3. The van der Waals surface area contributed by atoms with Crippen LogP contribution >= 0.6 is 11.3 Å². The molecule has 0 bridgehead atoms. The van der Waals surface area contributed by atoms with E-state index in [4.69, 9.17) is 4.74 Å². The predicted molar refractivity (Wildman–Crippen MR) is 121 cm³/mol. The van der Waals surface area contributed by atoms with E-state index in [0.29, 0.717) is 13.1 Å². The largest absolute Gasteiger partial charge is 0.497 e. The molecular formula is C24H25N3O3S. The van der Waals surface area contributed by atoms with Crippen LogP contribution in [-0.4, -0.2) is 40.8 Å². The Morgan fingerprint density at radius 1 is 1.10 bits per heavy atom. The maximum atomic E-state index is 13.4. The number of carbonyl (C=O) groups is 1. The SMILES string of the molecule is COc1ccc(C2(C(=O)N3CCC(n4nc(-c5ccsc5)ccc4=O)CC3)CC2)cc1. The summed E-state index contributed by atoms with van der Waals surface area (Å²) in [6.07, 6.45) is 3.26. The topological polar surface area (TPSA) is 64.4 Å². The molecule has 0 radical (unpaired) electrons. The third kappa shape index (κ3) is 3.67. The van der Waals surface area contributed by atoms with Gasteiger partial charge in [-0.25, -0.2) is 4.68 Å². The number of nitrogens with zero attached hydrogens (tertiary/aromatic N) is 3. The van der Waals surface area contributed by atoms with E-state index in [1.807, 2.05) is 46.0 Å². The maximum Gasteiger partial charge on any atom is 0.267 e. The van der Waals surface area contributed by atoms with E-state index in [1.54, 1.807) is 35.3 Å². The summed E-state index contributed by atoms with van der Waals surface area (Å²) in [6, 6.07) is 13.3. The lowest BCUT2D eigenvalue weighted by atomic mass is 9.92. The Morgan fingerprint density at radius 2 is 1.84 bits per heavy atom. The highest BCUT2D eigenvalue weighted by Gasteiger charge is 2.53. The van der Waals surface area contributed by atoms with Gasteiger partial charge in [-0.15, -0.1) is 0 Å². The van der Waals surface area contributed by atoms with Gasteiger partial charge in [-0.2, -0.15) is 16.4 Å². The molecule has 1 saturated carbocycles. The molecule has 2 fully saturated rings. The Balaban J connectivity index is 1.29. The number of aromatic nitrogens is 2. The smallest absolute Gasteiger partial charge is 0.267 e. The Morgan fingerprint density at radius 3 is 2.45 bits per heavy atom. The summed E-state index contributed by atoms with van der Waals surface area (Å²) in [6.45, 7) is 1.30. The number of likely N-dealkylation sites (tertiary alicyclic amines) is 1. The molecule has 1 aliphatic heterocycles. The van der Waals surface area contributed by atoms with Crippen molar-refractivity contribution in [1.82, 2.24) is 14.7 Å². The lowest BCUT2D eigenvalue weighted by molar-refractivity contribution is -0.135. The third-order valence-corrected chi connectivity index (χ3v) is 7.22. The molecule has 2 aliphatic rings. The summed E-state index contributed by atoms with van der Waals surface area (Å²) in [5.41, 5.74) is 2.45. The number of rotatable bonds is 5. The van der Waals surface area contributed by atoms with Crippen LogP contribution in [0.5, 0.6) is 5.75 Å². The molecule has 0 atom stereocenters. The van der Waals surface area contributed by atoms with Crippen molar-refractivity contribution in [1.29, 1.82) is 0 Å². The molecular weight excluding hydrogens is 410 g/mol. The van der Waals surface area contributed by atoms with Crippen molar-refractivity contribution in [3.05, 3.63) is 69.1 Å². The Kier molecular flexibility index (Phi) is 5.14. The quantitative estimate of drug-likeness (QED) is 0.610. The summed E-state index contributed by atoms with van der Waals surface area (Å²) in [5.74, 6) is 1.01. The predicted octanol–water partition coefficient (Wildman–Crippen LogP) is 3.88. The van der Waals surface area contributed by atoms with Gasteiger partial charge in [0, 0.05) is 30.1 Å². The molecule has 3 heterocycles. The molecule has 6 nitrogen and oxygen atoms in total. The first kappa shape index (κ1) is 20.0. The number of amides is 1. The zero-order valence-corrected chi connectivity index (χ0v) is 18.3. The minimum atomic E-state index is -0.382. The lowest BCUT2D eigenvalue weighted by Gasteiger charge is -2.34. The fourth-order valence-electron chi connectivity index (χ4n) is 4.53. The Hall–Kier alpha value is -2.93. The summed E-state index contributed by atoms with van der Waals surface area (Å²) >= 11 is 1.61. The van der Waals surface area contributed by atoms with E-state index in [-0.39, 0.29) is 22.9 Å². The van der Waals surface area contributed by atoms with Gasteiger partial charge >= 0.3 is 0 Å². The van der Waals surface area contributed by atoms with Crippen LogP contribution < -0.4 is 10.3 Å². The van der Waals surface area contributed by atoms with Gasteiger partial charge in [-0.1, -0.05) is 12.1 Å². The number of piperidine rings is 1. The molecule has 0 spiro atoms. The van der Waals surface area contributed by atoms with E-state index in [2.05, 4.69) is 5.10 Å². The van der Waals surface area contributed by atoms with Crippen LogP contribution in [-0.2, 0) is 10.2 Å². The second-order valence-corrected chi connectivity index (χ2v) is 9.13. The molecule has 1 saturated heterocycles. The van der Waals surface area contributed by atoms with Gasteiger partial charge in [-0.05, 0) is 60.9 Å². The second kappa shape index (κ2) is 7.96. The molecule has 31 heavy (non-hydrogen) atoms. The van der Waals surface area contributed by atoms with E-state index >= 15 is 0 Å². The number of carbonyl (C=O) groups excluding carboxylic acids is 1. The average Bonchev–Trinajstić information content (AvgIpc) is 3.45. The van der Waals surface area contributed by atoms with E-state index in [1.165, 1.54) is 0 Å². The molecule has 0 unspecified atom stereocenters. The summed E-state index contributed by atoms with van der Waals surface area (Å²) < 4.78 is 6.86. The summed E-state index contributed by atoms with van der Waals surface area (Å²) in [4.78, 5) is 27.8. The molecule has 2 aromatic heterocycles. The highest BCUT2D eigenvalue weighted by atomic mass is 32.1. The number of methoxy groups -OCH3 is 1. The van der Waals surface area contributed by atoms with Crippen LogP contribution in [0.1, 0.15) is 37.3 Å². The van der Waals surface area contributed by atoms with E-state index in [9.17, 15) is 9.59 Å². The van der Waals surface area contributed by atoms with E-state index < -0.39 is 0 Å². The van der Waals surface area contributed by atoms with Gasteiger partial charge < -0.3 is 9.64 Å². The van der Waals surface area contributed by atoms with Crippen molar-refractivity contribution in [3.8, 4) is 17.0 Å². The fraction of sp³-hybridized carbons (Fsp3) is 0.375. The van der Waals surface area contributed by atoms with Gasteiger partial charge in [0.05, 0.1) is 24.3 Å². The first-order chi connectivity index (χ1) is 15.1. The van der Waals surface area contributed by atoms with Gasteiger partial charge in [0.25, 0.3) is 5.56 Å². The van der Waals surface area contributed by atoms with E-state index in [0.717, 1.165) is 48.3 Å². The minimum Gasteiger partial charge on any atom is -0.497 e. The Bertz CT molecular complexity index is 1130. The van der Waals surface area contributed by atoms with Crippen LogP contribution in [0.4, 0.5) is 0 Å². The third-order valence-electron chi connectivity index (χ3n) is 6.54. The lowest BCUT2D eigenvalue weighted by Crippen LogP contribution is -2.45. The molecule has 160 valence electrons.